The van der Waals surface area contributed by atoms with E-state index < -0.39 is 5.54 Å². The summed E-state index contributed by atoms with van der Waals surface area (Å²) in [5.74, 6) is -0.165. The van der Waals surface area contributed by atoms with E-state index in [0.29, 0.717) is 12.1 Å². The van der Waals surface area contributed by atoms with E-state index in [0.717, 1.165) is 5.69 Å². The highest BCUT2D eigenvalue weighted by Crippen LogP contribution is 2.10. The summed E-state index contributed by atoms with van der Waals surface area (Å²) in [5, 5.41) is 15.9. The molecule has 0 bridgehead atoms. The van der Waals surface area contributed by atoms with Crippen molar-refractivity contribution in [2.45, 2.75) is 32.7 Å². The SMILES string of the molecule is Cc1cc(C(=O)NC(C)(C)CCO)n(C)n1. The molecule has 90 valence electrons. The Morgan fingerprint density at radius 1 is 1.62 bits per heavy atom. The summed E-state index contributed by atoms with van der Waals surface area (Å²) in [4.78, 5) is 11.9. The zero-order valence-corrected chi connectivity index (χ0v) is 10.2. The van der Waals surface area contributed by atoms with E-state index in [1.807, 2.05) is 20.8 Å². The van der Waals surface area contributed by atoms with Crippen LogP contribution in [0, 0.1) is 6.92 Å². The van der Waals surface area contributed by atoms with Gasteiger partial charge in [0.05, 0.1) is 5.69 Å². The first-order chi connectivity index (χ1) is 7.35. The fourth-order valence-electron chi connectivity index (χ4n) is 1.54. The van der Waals surface area contributed by atoms with Gasteiger partial charge in [-0.15, -0.1) is 0 Å². The Balaban J connectivity index is 2.76. The smallest absolute Gasteiger partial charge is 0.269 e. The van der Waals surface area contributed by atoms with Gasteiger partial charge in [0.15, 0.2) is 0 Å². The van der Waals surface area contributed by atoms with Gasteiger partial charge in [-0.05, 0) is 33.3 Å². The lowest BCUT2D eigenvalue weighted by atomic mass is 10.0. The molecule has 2 N–H and O–H groups in total. The zero-order valence-electron chi connectivity index (χ0n) is 10.2. The summed E-state index contributed by atoms with van der Waals surface area (Å²) in [6, 6.07) is 1.74. The van der Waals surface area contributed by atoms with Crippen molar-refractivity contribution in [3.63, 3.8) is 0 Å². The number of aliphatic hydroxyl groups excluding tert-OH is 1. The average molecular weight is 225 g/mol. The van der Waals surface area contributed by atoms with Gasteiger partial charge in [-0.25, -0.2) is 0 Å². The van der Waals surface area contributed by atoms with Gasteiger partial charge in [0, 0.05) is 19.2 Å². The van der Waals surface area contributed by atoms with Gasteiger partial charge in [0.25, 0.3) is 5.91 Å². The van der Waals surface area contributed by atoms with Gasteiger partial charge in [-0.3, -0.25) is 9.48 Å². The third kappa shape index (κ3) is 3.06. The predicted octanol–water partition coefficient (Wildman–Crippen LogP) is 0.619. The molecule has 0 aliphatic carbocycles. The average Bonchev–Trinajstić information content (AvgIpc) is 2.44. The summed E-state index contributed by atoms with van der Waals surface area (Å²) < 4.78 is 1.56. The number of hydrogen-bond donors (Lipinski definition) is 2. The molecule has 0 fully saturated rings. The van der Waals surface area contributed by atoms with E-state index in [1.165, 1.54) is 0 Å². The molecule has 5 heteroatoms. The number of amides is 1. The largest absolute Gasteiger partial charge is 0.396 e. The van der Waals surface area contributed by atoms with Crippen molar-refractivity contribution < 1.29 is 9.90 Å². The molecule has 1 aromatic rings. The third-order valence-electron chi connectivity index (χ3n) is 2.42. The Bertz CT molecular complexity index is 383. The zero-order chi connectivity index (χ0) is 12.3. The first-order valence-corrected chi connectivity index (χ1v) is 5.30. The van der Waals surface area contributed by atoms with Crippen molar-refractivity contribution in [2.24, 2.45) is 7.05 Å². The lowest BCUT2D eigenvalue weighted by Crippen LogP contribution is -2.44. The van der Waals surface area contributed by atoms with E-state index >= 15 is 0 Å². The Hall–Kier alpha value is -1.36. The number of hydrogen-bond acceptors (Lipinski definition) is 3. The van der Waals surface area contributed by atoms with Crippen LogP contribution in [0.3, 0.4) is 0 Å². The number of nitrogens with zero attached hydrogens (tertiary/aromatic N) is 2. The number of carbonyl (C=O) groups is 1. The minimum Gasteiger partial charge on any atom is -0.396 e. The molecule has 1 rings (SSSR count). The van der Waals surface area contributed by atoms with Gasteiger partial charge >= 0.3 is 0 Å². The molecular weight excluding hydrogens is 206 g/mol. The summed E-state index contributed by atoms with van der Waals surface area (Å²) >= 11 is 0. The molecule has 0 aliphatic rings. The molecule has 0 atom stereocenters. The maximum Gasteiger partial charge on any atom is 0.269 e. The molecule has 1 aromatic heterocycles. The van der Waals surface area contributed by atoms with Gasteiger partial charge in [-0.1, -0.05) is 0 Å². The van der Waals surface area contributed by atoms with Crippen molar-refractivity contribution in [1.29, 1.82) is 0 Å². The molecule has 1 amide bonds. The molecule has 5 nitrogen and oxygen atoms in total. The quantitative estimate of drug-likeness (QED) is 0.789. The van der Waals surface area contributed by atoms with Crippen LogP contribution in [0.5, 0.6) is 0 Å². The molecule has 0 aliphatic heterocycles. The molecule has 0 aromatic carbocycles. The van der Waals surface area contributed by atoms with Crippen LogP contribution in [-0.2, 0) is 7.05 Å². The van der Waals surface area contributed by atoms with Crippen LogP contribution < -0.4 is 5.32 Å². The van der Waals surface area contributed by atoms with Crippen LogP contribution in [0.25, 0.3) is 0 Å². The van der Waals surface area contributed by atoms with Crippen molar-refractivity contribution in [3.05, 3.63) is 17.5 Å². The lowest BCUT2D eigenvalue weighted by Gasteiger charge is -2.25. The molecule has 0 saturated heterocycles. The minimum atomic E-state index is -0.413. The van der Waals surface area contributed by atoms with Crippen LogP contribution in [0.4, 0.5) is 0 Å². The van der Waals surface area contributed by atoms with Crippen molar-refractivity contribution in [3.8, 4) is 0 Å². The van der Waals surface area contributed by atoms with E-state index in [2.05, 4.69) is 10.4 Å². The molecule has 1 heterocycles. The van der Waals surface area contributed by atoms with Crippen LogP contribution >= 0.6 is 0 Å². The number of nitrogens with one attached hydrogen (secondary N) is 1. The fraction of sp³-hybridized carbons (Fsp3) is 0.636. The van der Waals surface area contributed by atoms with E-state index in [-0.39, 0.29) is 12.5 Å². The van der Waals surface area contributed by atoms with Crippen molar-refractivity contribution >= 4 is 5.91 Å². The lowest BCUT2D eigenvalue weighted by molar-refractivity contribution is 0.0890. The Morgan fingerprint density at radius 3 is 2.69 bits per heavy atom. The second kappa shape index (κ2) is 4.65. The maximum absolute atomic E-state index is 11.9. The highest BCUT2D eigenvalue weighted by molar-refractivity contribution is 5.93. The molecule has 0 spiro atoms. The second-order valence-electron chi connectivity index (χ2n) is 4.61. The van der Waals surface area contributed by atoms with Crippen LogP contribution in [-0.4, -0.2) is 32.9 Å². The minimum absolute atomic E-state index is 0.0533. The summed E-state index contributed by atoms with van der Waals surface area (Å²) in [7, 11) is 1.74. The Kier molecular flexibility index (Phi) is 3.70. The number of aromatic nitrogens is 2. The summed E-state index contributed by atoms with van der Waals surface area (Å²) in [6.07, 6.45) is 0.523. The molecule has 0 saturated carbocycles. The molecule has 0 unspecified atom stereocenters. The van der Waals surface area contributed by atoms with Crippen LogP contribution in [0.15, 0.2) is 6.07 Å². The van der Waals surface area contributed by atoms with E-state index in [1.54, 1.807) is 17.8 Å². The van der Waals surface area contributed by atoms with Crippen molar-refractivity contribution in [1.82, 2.24) is 15.1 Å². The number of aryl methyl sites for hydroxylation is 2. The highest BCUT2D eigenvalue weighted by Gasteiger charge is 2.22. The first kappa shape index (κ1) is 12.7. The standard InChI is InChI=1S/C11H19N3O2/c1-8-7-9(14(4)13-8)10(16)12-11(2,3)5-6-15/h7,15H,5-6H2,1-4H3,(H,12,16). The summed E-state index contributed by atoms with van der Waals surface area (Å²) in [6.45, 7) is 5.65. The highest BCUT2D eigenvalue weighted by atomic mass is 16.3. The van der Waals surface area contributed by atoms with Gasteiger partial charge in [0.2, 0.25) is 0 Å². The topological polar surface area (TPSA) is 67.2 Å². The fourth-order valence-corrected chi connectivity index (χ4v) is 1.54. The second-order valence-corrected chi connectivity index (χ2v) is 4.61. The van der Waals surface area contributed by atoms with Crippen molar-refractivity contribution in [2.75, 3.05) is 6.61 Å². The van der Waals surface area contributed by atoms with Gasteiger partial charge in [0.1, 0.15) is 5.69 Å². The van der Waals surface area contributed by atoms with E-state index in [4.69, 9.17) is 5.11 Å². The molecule has 0 radical (unpaired) electrons. The first-order valence-electron chi connectivity index (χ1n) is 5.30. The molecular formula is C11H19N3O2. The maximum atomic E-state index is 11.9. The number of carbonyl (C=O) groups excluding carboxylic acids is 1. The van der Waals surface area contributed by atoms with Gasteiger partial charge < -0.3 is 10.4 Å². The van der Waals surface area contributed by atoms with Gasteiger partial charge in [-0.2, -0.15) is 5.10 Å². The monoisotopic (exact) mass is 225 g/mol. The Morgan fingerprint density at radius 2 is 2.25 bits per heavy atom. The predicted molar refractivity (Wildman–Crippen MR) is 61.2 cm³/mol. The summed E-state index contributed by atoms with van der Waals surface area (Å²) in [5.41, 5.74) is 0.931. The third-order valence-corrected chi connectivity index (χ3v) is 2.42. The number of aliphatic hydroxyl groups is 1. The normalized spacial score (nSPS) is 11.6. The van der Waals surface area contributed by atoms with Crippen LogP contribution in [0.1, 0.15) is 36.5 Å². The number of rotatable bonds is 4. The molecule has 16 heavy (non-hydrogen) atoms. The Labute approximate surface area is 95.5 Å². The van der Waals surface area contributed by atoms with E-state index in [9.17, 15) is 4.79 Å². The van der Waals surface area contributed by atoms with Crippen LogP contribution in [0.2, 0.25) is 0 Å².